The van der Waals surface area contributed by atoms with Gasteiger partial charge in [0.1, 0.15) is 5.75 Å². The molecule has 0 aliphatic carbocycles. The maximum absolute atomic E-state index is 12.9. The lowest BCUT2D eigenvalue weighted by molar-refractivity contribution is 0.182. The van der Waals surface area contributed by atoms with E-state index in [1.165, 1.54) is 10.6 Å². The molecule has 7 nitrogen and oxygen atoms in total. The Morgan fingerprint density at radius 2 is 1.79 bits per heavy atom. The fourth-order valence-corrected chi connectivity index (χ4v) is 4.02. The lowest BCUT2D eigenvalue weighted by Crippen LogP contribution is -2.44. The van der Waals surface area contributed by atoms with Gasteiger partial charge in [-0.2, -0.15) is 0 Å². The summed E-state index contributed by atoms with van der Waals surface area (Å²) in [5.41, 5.74) is 4.38. The van der Waals surface area contributed by atoms with E-state index in [2.05, 4.69) is 10.9 Å². The maximum atomic E-state index is 12.9. The largest absolute Gasteiger partial charge is 0.497 e. The second-order valence-corrected chi connectivity index (χ2v) is 9.13. The average Bonchev–Trinajstić information content (AvgIpc) is 2.97. The monoisotopic (exact) mass is 417 g/mol. The van der Waals surface area contributed by atoms with E-state index < -0.39 is 10.0 Å². The lowest BCUT2D eigenvalue weighted by Gasteiger charge is -2.24. The Balaban J connectivity index is 1.83. The second kappa shape index (κ2) is 8.42. The van der Waals surface area contributed by atoms with Gasteiger partial charge >= 0.3 is 6.03 Å². The molecule has 3 rings (SSSR count). The molecule has 29 heavy (non-hydrogen) atoms. The van der Waals surface area contributed by atoms with E-state index in [4.69, 9.17) is 4.74 Å². The molecule has 1 aliphatic heterocycles. The molecule has 0 bridgehead atoms. The highest BCUT2D eigenvalue weighted by molar-refractivity contribution is 7.88. The van der Waals surface area contributed by atoms with Crippen LogP contribution in [-0.4, -0.2) is 50.8 Å². The lowest BCUT2D eigenvalue weighted by atomic mass is 10.0. The Bertz CT molecular complexity index is 989. The van der Waals surface area contributed by atoms with Gasteiger partial charge in [0.15, 0.2) is 0 Å². The molecule has 2 aromatic carbocycles. The minimum absolute atomic E-state index is 0.228. The number of nitrogens with one attached hydrogen (secondary N) is 1. The minimum Gasteiger partial charge on any atom is -0.497 e. The number of urea groups is 1. The highest BCUT2D eigenvalue weighted by Crippen LogP contribution is 2.30. The molecule has 2 aromatic rings. The molecule has 156 valence electrons. The number of sulfonamides is 1. The standard InChI is InChI=1S/C21H27N3O4S/c1-15-5-8-18(13-16(15)2)20-14-24(22-29(4,26)27)21(25)23(20)12-11-17-6-9-19(28-3)10-7-17/h5-10,13,20,22H,11-12,14H2,1-4H3/t20-/m1/s1. The summed E-state index contributed by atoms with van der Waals surface area (Å²) < 4.78 is 28.6. The number of rotatable bonds is 7. The van der Waals surface area contributed by atoms with E-state index in [1.54, 1.807) is 12.0 Å². The van der Waals surface area contributed by atoms with Crippen molar-refractivity contribution in [2.24, 2.45) is 0 Å². The summed E-state index contributed by atoms with van der Waals surface area (Å²) in [6, 6.07) is 13.2. The van der Waals surface area contributed by atoms with Gasteiger partial charge in [-0.3, -0.25) is 0 Å². The Morgan fingerprint density at radius 3 is 2.38 bits per heavy atom. The van der Waals surface area contributed by atoms with Gasteiger partial charge in [-0.05, 0) is 54.7 Å². The van der Waals surface area contributed by atoms with E-state index in [9.17, 15) is 13.2 Å². The molecular formula is C21H27N3O4S. The molecule has 1 aliphatic rings. The molecule has 0 unspecified atom stereocenters. The molecule has 1 N–H and O–H groups in total. The first-order chi connectivity index (χ1) is 13.7. The molecule has 0 saturated carbocycles. The molecule has 1 saturated heterocycles. The number of methoxy groups -OCH3 is 1. The number of amides is 2. The number of hydrogen-bond donors (Lipinski definition) is 1. The molecule has 0 aromatic heterocycles. The quantitative estimate of drug-likeness (QED) is 0.751. The van der Waals surface area contributed by atoms with E-state index in [1.807, 2.05) is 50.2 Å². The number of hydrazine groups is 1. The fraction of sp³-hybridized carbons (Fsp3) is 0.381. The highest BCUT2D eigenvalue weighted by atomic mass is 32.2. The molecular weight excluding hydrogens is 390 g/mol. The van der Waals surface area contributed by atoms with Gasteiger partial charge in [0.25, 0.3) is 0 Å². The van der Waals surface area contributed by atoms with E-state index in [0.29, 0.717) is 13.0 Å². The van der Waals surface area contributed by atoms with Crippen molar-refractivity contribution in [3.05, 3.63) is 64.7 Å². The summed E-state index contributed by atoms with van der Waals surface area (Å²) in [4.78, 5) is 17.0. The number of carbonyl (C=O) groups is 1. The third kappa shape index (κ3) is 5.07. The van der Waals surface area contributed by atoms with Crippen molar-refractivity contribution in [1.82, 2.24) is 14.7 Å². The van der Waals surface area contributed by atoms with Gasteiger partial charge in [-0.1, -0.05) is 30.3 Å². The number of nitrogens with zero attached hydrogens (tertiary/aromatic N) is 2. The Morgan fingerprint density at radius 1 is 1.10 bits per heavy atom. The average molecular weight is 418 g/mol. The van der Waals surface area contributed by atoms with Gasteiger partial charge in [0, 0.05) is 6.54 Å². The molecule has 0 radical (unpaired) electrons. The molecule has 1 heterocycles. The first-order valence-electron chi connectivity index (χ1n) is 9.43. The highest BCUT2D eigenvalue weighted by Gasteiger charge is 2.39. The van der Waals surface area contributed by atoms with Crippen LogP contribution in [0.15, 0.2) is 42.5 Å². The van der Waals surface area contributed by atoms with Crippen molar-refractivity contribution in [2.75, 3.05) is 26.5 Å². The number of hydrogen-bond acceptors (Lipinski definition) is 4. The normalized spacial score (nSPS) is 17.1. The van der Waals surface area contributed by atoms with Crippen LogP contribution in [0.5, 0.6) is 5.75 Å². The number of aryl methyl sites for hydroxylation is 2. The molecule has 8 heteroatoms. The van der Waals surface area contributed by atoms with Gasteiger partial charge in [-0.25, -0.2) is 18.2 Å². The predicted molar refractivity (Wildman–Crippen MR) is 112 cm³/mol. The zero-order valence-electron chi connectivity index (χ0n) is 17.2. The van der Waals surface area contributed by atoms with Crippen molar-refractivity contribution >= 4 is 16.1 Å². The topological polar surface area (TPSA) is 79.0 Å². The maximum Gasteiger partial charge on any atom is 0.335 e. The smallest absolute Gasteiger partial charge is 0.335 e. The Hall–Kier alpha value is -2.58. The first-order valence-corrected chi connectivity index (χ1v) is 11.3. The molecule has 1 fully saturated rings. The summed E-state index contributed by atoms with van der Waals surface area (Å²) in [5, 5.41) is 1.18. The first kappa shape index (κ1) is 21.1. The van der Waals surface area contributed by atoms with E-state index >= 15 is 0 Å². The third-order valence-electron chi connectivity index (χ3n) is 5.20. The third-order valence-corrected chi connectivity index (χ3v) is 5.75. The summed E-state index contributed by atoms with van der Waals surface area (Å²) in [5.74, 6) is 0.780. The van der Waals surface area contributed by atoms with Crippen LogP contribution in [0, 0.1) is 13.8 Å². The van der Waals surface area contributed by atoms with Gasteiger partial charge in [-0.15, -0.1) is 4.83 Å². The molecule has 2 amide bonds. The van der Waals surface area contributed by atoms with Crippen LogP contribution in [0.1, 0.15) is 28.3 Å². The van der Waals surface area contributed by atoms with E-state index in [0.717, 1.165) is 28.7 Å². The van der Waals surface area contributed by atoms with Crippen molar-refractivity contribution in [1.29, 1.82) is 0 Å². The predicted octanol–water partition coefficient (Wildman–Crippen LogP) is 2.80. The summed E-state index contributed by atoms with van der Waals surface area (Å²) in [6.45, 7) is 4.81. The van der Waals surface area contributed by atoms with Crippen molar-refractivity contribution < 1.29 is 17.9 Å². The summed E-state index contributed by atoms with van der Waals surface area (Å²) in [6.07, 6.45) is 1.70. The van der Waals surface area contributed by atoms with Crippen LogP contribution in [0.3, 0.4) is 0 Å². The van der Waals surface area contributed by atoms with Gasteiger partial charge in [0.2, 0.25) is 10.0 Å². The van der Waals surface area contributed by atoms with Gasteiger partial charge < -0.3 is 9.64 Å². The van der Waals surface area contributed by atoms with Crippen LogP contribution in [-0.2, 0) is 16.4 Å². The summed E-state index contributed by atoms with van der Waals surface area (Å²) in [7, 11) is -1.92. The van der Waals surface area contributed by atoms with Crippen LogP contribution < -0.4 is 9.57 Å². The molecule has 0 spiro atoms. The fourth-order valence-electron chi connectivity index (χ4n) is 3.46. The Labute approximate surface area is 172 Å². The van der Waals surface area contributed by atoms with Gasteiger partial charge in [0.05, 0.1) is 26.0 Å². The van der Waals surface area contributed by atoms with Crippen molar-refractivity contribution in [3.8, 4) is 5.75 Å². The van der Waals surface area contributed by atoms with Crippen molar-refractivity contribution in [2.45, 2.75) is 26.3 Å². The number of carbonyl (C=O) groups excluding carboxylic acids is 1. The zero-order valence-corrected chi connectivity index (χ0v) is 18.0. The van der Waals surface area contributed by atoms with Crippen LogP contribution in [0.25, 0.3) is 0 Å². The van der Waals surface area contributed by atoms with Crippen LogP contribution in [0.2, 0.25) is 0 Å². The van der Waals surface area contributed by atoms with Crippen molar-refractivity contribution in [3.63, 3.8) is 0 Å². The number of benzene rings is 2. The van der Waals surface area contributed by atoms with Crippen LogP contribution >= 0.6 is 0 Å². The summed E-state index contributed by atoms with van der Waals surface area (Å²) >= 11 is 0. The SMILES string of the molecule is COc1ccc(CCN2C(=O)N(NS(C)(=O)=O)C[C@@H]2c2ccc(C)c(C)c2)cc1. The van der Waals surface area contributed by atoms with Crippen LogP contribution in [0.4, 0.5) is 4.79 Å². The van der Waals surface area contributed by atoms with E-state index in [-0.39, 0.29) is 18.6 Å². The second-order valence-electron chi connectivity index (χ2n) is 7.41. The number of ether oxygens (including phenoxy) is 1. The molecule has 1 atom stereocenters. The Kier molecular flexibility index (Phi) is 6.14. The zero-order chi connectivity index (χ0) is 21.2. The minimum atomic E-state index is -3.54.